The van der Waals surface area contributed by atoms with Crippen LogP contribution in [-0.2, 0) is 14.3 Å². The summed E-state index contributed by atoms with van der Waals surface area (Å²) in [5.41, 5.74) is -0.477. The lowest BCUT2D eigenvalue weighted by atomic mass is 10.2. The van der Waals surface area contributed by atoms with E-state index in [4.69, 9.17) is 4.74 Å². The highest BCUT2D eigenvalue weighted by Crippen LogP contribution is 2.12. The number of hydrogen-bond acceptors (Lipinski definition) is 5. The van der Waals surface area contributed by atoms with Crippen molar-refractivity contribution in [1.29, 1.82) is 0 Å². The highest BCUT2D eigenvalue weighted by atomic mass is 16.6. The molecule has 0 aliphatic carbocycles. The van der Waals surface area contributed by atoms with E-state index in [1.54, 1.807) is 4.90 Å². The van der Waals surface area contributed by atoms with Crippen LogP contribution in [0.3, 0.4) is 0 Å². The Morgan fingerprint density at radius 3 is 2.37 bits per heavy atom. The average Bonchev–Trinajstić information content (AvgIpc) is 2.52. The normalized spacial score (nSPS) is 17.8. The molecule has 1 heterocycles. The summed E-state index contributed by atoms with van der Waals surface area (Å²) in [5.74, 6) is -0.245. The molecule has 0 radical (unpaired) electrons. The van der Waals surface area contributed by atoms with Crippen LogP contribution in [0.1, 0.15) is 27.2 Å². The lowest BCUT2D eigenvalue weighted by Gasteiger charge is -2.26. The van der Waals surface area contributed by atoms with E-state index in [0.717, 1.165) is 13.0 Å². The van der Waals surface area contributed by atoms with E-state index in [-0.39, 0.29) is 18.6 Å². The average molecular weight is 272 g/mol. The Bertz CT molecular complexity index is 325. The lowest BCUT2D eigenvalue weighted by Crippen LogP contribution is -2.39. The Kier molecular flexibility index (Phi) is 5.60. The number of ether oxygens (including phenoxy) is 2. The highest BCUT2D eigenvalue weighted by Gasteiger charge is 2.24. The van der Waals surface area contributed by atoms with Gasteiger partial charge in [0.1, 0.15) is 5.60 Å². The maximum atomic E-state index is 11.9. The van der Waals surface area contributed by atoms with Crippen LogP contribution in [0.5, 0.6) is 0 Å². The Morgan fingerprint density at radius 2 is 1.79 bits per heavy atom. The number of methoxy groups -OCH3 is 1. The lowest BCUT2D eigenvalue weighted by molar-refractivity contribution is -0.141. The third-order valence-corrected chi connectivity index (χ3v) is 2.82. The summed E-state index contributed by atoms with van der Waals surface area (Å²) < 4.78 is 10.00. The van der Waals surface area contributed by atoms with E-state index in [1.165, 1.54) is 7.11 Å². The molecule has 1 aliphatic rings. The molecule has 0 bridgehead atoms. The van der Waals surface area contributed by atoms with Gasteiger partial charge in [0.2, 0.25) is 0 Å². The molecule has 19 heavy (non-hydrogen) atoms. The zero-order valence-electron chi connectivity index (χ0n) is 12.3. The smallest absolute Gasteiger partial charge is 0.410 e. The van der Waals surface area contributed by atoms with Crippen molar-refractivity contribution in [3.63, 3.8) is 0 Å². The fourth-order valence-corrected chi connectivity index (χ4v) is 1.89. The van der Waals surface area contributed by atoms with E-state index >= 15 is 0 Å². The second-order valence-electron chi connectivity index (χ2n) is 5.67. The molecule has 1 aliphatic heterocycles. The van der Waals surface area contributed by atoms with Crippen LogP contribution >= 0.6 is 0 Å². The van der Waals surface area contributed by atoms with Crippen LogP contribution < -0.4 is 0 Å². The van der Waals surface area contributed by atoms with Gasteiger partial charge in [-0.3, -0.25) is 9.69 Å². The van der Waals surface area contributed by atoms with Gasteiger partial charge in [-0.05, 0) is 27.2 Å². The third-order valence-electron chi connectivity index (χ3n) is 2.82. The van der Waals surface area contributed by atoms with Gasteiger partial charge in [0, 0.05) is 26.2 Å². The number of carbonyl (C=O) groups excluding carboxylic acids is 2. The number of esters is 1. The minimum atomic E-state index is -0.477. The largest absolute Gasteiger partial charge is 0.468 e. The molecular weight excluding hydrogens is 248 g/mol. The molecular formula is C13H24N2O4. The van der Waals surface area contributed by atoms with Crippen LogP contribution in [0.2, 0.25) is 0 Å². The number of rotatable bonds is 2. The number of nitrogens with zero attached hydrogens (tertiary/aromatic N) is 2. The quantitative estimate of drug-likeness (QED) is 0.705. The summed E-state index contributed by atoms with van der Waals surface area (Å²) in [6.45, 7) is 8.52. The molecule has 0 aromatic rings. The van der Waals surface area contributed by atoms with Gasteiger partial charge in [0.15, 0.2) is 0 Å². The van der Waals surface area contributed by atoms with Gasteiger partial charge in [0.05, 0.1) is 13.7 Å². The van der Waals surface area contributed by atoms with E-state index in [9.17, 15) is 9.59 Å². The van der Waals surface area contributed by atoms with E-state index in [1.807, 2.05) is 25.7 Å². The second-order valence-corrected chi connectivity index (χ2v) is 5.67. The molecule has 1 fully saturated rings. The van der Waals surface area contributed by atoms with Crippen molar-refractivity contribution in [3.05, 3.63) is 0 Å². The van der Waals surface area contributed by atoms with Crippen molar-refractivity contribution >= 4 is 12.1 Å². The van der Waals surface area contributed by atoms with E-state index in [2.05, 4.69) is 4.74 Å². The molecule has 0 spiro atoms. The first-order chi connectivity index (χ1) is 8.81. The zero-order chi connectivity index (χ0) is 14.5. The SMILES string of the molecule is COC(=O)CN1CCCN(C(=O)OC(C)(C)C)CC1. The minimum Gasteiger partial charge on any atom is -0.468 e. The van der Waals surface area contributed by atoms with Crippen LogP contribution in [0.25, 0.3) is 0 Å². The summed E-state index contributed by atoms with van der Waals surface area (Å²) >= 11 is 0. The van der Waals surface area contributed by atoms with Crippen LogP contribution in [0, 0.1) is 0 Å². The summed E-state index contributed by atoms with van der Waals surface area (Å²) in [6.07, 6.45) is 0.545. The van der Waals surface area contributed by atoms with Gasteiger partial charge >= 0.3 is 12.1 Å². The fraction of sp³-hybridized carbons (Fsp3) is 0.846. The van der Waals surface area contributed by atoms with Crippen molar-refractivity contribution in [1.82, 2.24) is 9.80 Å². The van der Waals surface area contributed by atoms with Gasteiger partial charge < -0.3 is 14.4 Å². The number of carbonyl (C=O) groups is 2. The monoisotopic (exact) mass is 272 g/mol. The standard InChI is InChI=1S/C13H24N2O4/c1-13(2,3)19-12(17)15-7-5-6-14(8-9-15)10-11(16)18-4/h5-10H2,1-4H3. The van der Waals surface area contributed by atoms with Crippen LogP contribution in [0.15, 0.2) is 0 Å². The predicted molar refractivity (Wildman–Crippen MR) is 70.9 cm³/mol. The first-order valence-electron chi connectivity index (χ1n) is 6.59. The first-order valence-corrected chi connectivity index (χ1v) is 6.59. The van der Waals surface area contributed by atoms with Crippen molar-refractivity contribution in [2.45, 2.75) is 32.8 Å². The molecule has 110 valence electrons. The Labute approximate surface area is 114 Å². The maximum Gasteiger partial charge on any atom is 0.410 e. The van der Waals surface area contributed by atoms with Gasteiger partial charge in [-0.15, -0.1) is 0 Å². The molecule has 1 rings (SSSR count). The fourth-order valence-electron chi connectivity index (χ4n) is 1.89. The van der Waals surface area contributed by atoms with Gasteiger partial charge in [-0.1, -0.05) is 0 Å². The third kappa shape index (κ3) is 5.92. The molecule has 6 nitrogen and oxygen atoms in total. The molecule has 6 heteroatoms. The van der Waals surface area contributed by atoms with Crippen molar-refractivity contribution in [3.8, 4) is 0 Å². The van der Waals surface area contributed by atoms with Gasteiger partial charge in [-0.2, -0.15) is 0 Å². The van der Waals surface area contributed by atoms with Crippen molar-refractivity contribution in [2.75, 3.05) is 39.8 Å². The van der Waals surface area contributed by atoms with Gasteiger partial charge in [-0.25, -0.2) is 4.79 Å². The van der Waals surface area contributed by atoms with Crippen LogP contribution in [-0.4, -0.2) is 67.3 Å². The molecule has 0 N–H and O–H groups in total. The van der Waals surface area contributed by atoms with Crippen molar-refractivity contribution in [2.24, 2.45) is 0 Å². The summed E-state index contributed by atoms with van der Waals surface area (Å²) in [5, 5.41) is 0. The summed E-state index contributed by atoms with van der Waals surface area (Å²) in [4.78, 5) is 26.9. The maximum absolute atomic E-state index is 11.9. The second kappa shape index (κ2) is 6.75. The number of amides is 1. The minimum absolute atomic E-state index is 0.245. The summed E-state index contributed by atoms with van der Waals surface area (Å²) in [6, 6.07) is 0. The van der Waals surface area contributed by atoms with Crippen LogP contribution in [0.4, 0.5) is 4.79 Å². The molecule has 0 aromatic carbocycles. The van der Waals surface area contributed by atoms with E-state index in [0.29, 0.717) is 19.6 Å². The topological polar surface area (TPSA) is 59.1 Å². The molecule has 0 aromatic heterocycles. The highest BCUT2D eigenvalue weighted by molar-refractivity contribution is 5.71. The molecule has 1 amide bonds. The molecule has 0 unspecified atom stereocenters. The molecule has 0 atom stereocenters. The van der Waals surface area contributed by atoms with E-state index < -0.39 is 5.60 Å². The first kappa shape index (κ1) is 15.8. The predicted octanol–water partition coefficient (Wildman–Crippen LogP) is 1.10. The molecule has 0 saturated carbocycles. The molecule has 1 saturated heterocycles. The van der Waals surface area contributed by atoms with Crippen molar-refractivity contribution < 1.29 is 19.1 Å². The Morgan fingerprint density at radius 1 is 1.11 bits per heavy atom. The zero-order valence-corrected chi connectivity index (χ0v) is 12.3. The summed E-state index contributed by atoms with van der Waals surface area (Å²) in [7, 11) is 1.38. The Hall–Kier alpha value is -1.30. The number of hydrogen-bond donors (Lipinski definition) is 0. The van der Waals surface area contributed by atoms with Gasteiger partial charge in [0.25, 0.3) is 0 Å². The Balaban J connectivity index is 2.45.